The molecule has 0 spiro atoms. The Morgan fingerprint density at radius 2 is 2.12 bits per heavy atom. The molecule has 1 saturated heterocycles. The van der Waals surface area contributed by atoms with E-state index in [2.05, 4.69) is 12.1 Å². The van der Waals surface area contributed by atoms with Gasteiger partial charge in [-0.05, 0) is 24.8 Å². The number of nitrogens with zero attached hydrogens (tertiary/aromatic N) is 1. The van der Waals surface area contributed by atoms with Crippen molar-refractivity contribution in [1.82, 2.24) is 4.90 Å². The third-order valence-corrected chi connectivity index (χ3v) is 5.12. The largest absolute Gasteiger partial charge is 0.393 e. The summed E-state index contributed by atoms with van der Waals surface area (Å²) >= 11 is 0. The smallest absolute Gasteiger partial charge is 0.248 e. The standard InChI is InChI=1S/C19H27NO4/c21-18-8-4-7-16(18)17-13-24-12-10-20(17)19(22)14-23-11-9-15-5-2-1-3-6-15/h1-3,5-6,16-18,21H,4,7-14H2/t16-,17+,18-/m0/s1. The lowest BCUT2D eigenvalue weighted by atomic mass is 9.94. The number of hydrogen-bond acceptors (Lipinski definition) is 4. The van der Waals surface area contributed by atoms with E-state index in [9.17, 15) is 9.90 Å². The van der Waals surface area contributed by atoms with E-state index in [1.54, 1.807) is 0 Å². The van der Waals surface area contributed by atoms with Gasteiger partial charge in [0.05, 0.1) is 32.0 Å². The zero-order valence-corrected chi connectivity index (χ0v) is 14.1. The zero-order valence-electron chi connectivity index (χ0n) is 14.1. The van der Waals surface area contributed by atoms with Gasteiger partial charge in [-0.1, -0.05) is 36.8 Å². The first-order valence-electron chi connectivity index (χ1n) is 8.92. The Morgan fingerprint density at radius 3 is 2.88 bits per heavy atom. The van der Waals surface area contributed by atoms with Crippen LogP contribution in [0, 0.1) is 5.92 Å². The monoisotopic (exact) mass is 333 g/mol. The molecule has 0 unspecified atom stereocenters. The average Bonchev–Trinajstić information content (AvgIpc) is 3.05. The van der Waals surface area contributed by atoms with Crippen LogP contribution in [0.3, 0.4) is 0 Å². The Hall–Kier alpha value is -1.43. The highest BCUT2D eigenvalue weighted by molar-refractivity contribution is 5.78. The second-order valence-corrected chi connectivity index (χ2v) is 6.68. The number of rotatable bonds is 6. The van der Waals surface area contributed by atoms with Crippen LogP contribution in [-0.4, -0.2) is 61.0 Å². The van der Waals surface area contributed by atoms with Crippen molar-refractivity contribution in [3.05, 3.63) is 35.9 Å². The Morgan fingerprint density at radius 1 is 1.29 bits per heavy atom. The van der Waals surface area contributed by atoms with Gasteiger partial charge in [0.15, 0.2) is 0 Å². The maximum Gasteiger partial charge on any atom is 0.248 e. The second-order valence-electron chi connectivity index (χ2n) is 6.68. The lowest BCUT2D eigenvalue weighted by Crippen LogP contribution is -2.54. The summed E-state index contributed by atoms with van der Waals surface area (Å²) < 4.78 is 11.2. The minimum absolute atomic E-state index is 0.00969. The minimum Gasteiger partial charge on any atom is -0.393 e. The van der Waals surface area contributed by atoms with Gasteiger partial charge in [0.2, 0.25) is 5.91 Å². The van der Waals surface area contributed by atoms with Gasteiger partial charge in [-0.3, -0.25) is 4.79 Å². The van der Waals surface area contributed by atoms with Crippen LogP contribution in [-0.2, 0) is 20.7 Å². The molecule has 3 atom stereocenters. The van der Waals surface area contributed by atoms with Crippen LogP contribution >= 0.6 is 0 Å². The zero-order chi connectivity index (χ0) is 16.8. The molecule has 5 nitrogen and oxygen atoms in total. The quantitative estimate of drug-likeness (QED) is 0.804. The molecule has 1 heterocycles. The molecule has 24 heavy (non-hydrogen) atoms. The Labute approximate surface area is 143 Å². The first-order valence-corrected chi connectivity index (χ1v) is 8.92. The van der Waals surface area contributed by atoms with Gasteiger partial charge in [-0.2, -0.15) is 0 Å². The number of carbonyl (C=O) groups excluding carboxylic acids is 1. The fourth-order valence-corrected chi connectivity index (χ4v) is 3.78. The summed E-state index contributed by atoms with van der Waals surface area (Å²) in [7, 11) is 0. The highest BCUT2D eigenvalue weighted by Crippen LogP contribution is 2.32. The first-order chi connectivity index (χ1) is 11.8. The van der Waals surface area contributed by atoms with Gasteiger partial charge in [-0.25, -0.2) is 0 Å². The van der Waals surface area contributed by atoms with Gasteiger partial charge in [0.1, 0.15) is 6.61 Å². The molecule has 0 radical (unpaired) electrons. The van der Waals surface area contributed by atoms with Crippen molar-refractivity contribution in [3.63, 3.8) is 0 Å². The number of aliphatic hydroxyl groups excluding tert-OH is 1. The van der Waals surface area contributed by atoms with E-state index in [0.717, 1.165) is 25.7 Å². The number of hydrogen-bond donors (Lipinski definition) is 1. The predicted octanol–water partition coefficient (Wildman–Crippen LogP) is 1.63. The summed E-state index contributed by atoms with van der Waals surface area (Å²) in [5.41, 5.74) is 1.21. The minimum atomic E-state index is -0.314. The van der Waals surface area contributed by atoms with Crippen LogP contribution in [0.5, 0.6) is 0 Å². The third kappa shape index (κ3) is 4.35. The number of morpholine rings is 1. The molecule has 132 valence electrons. The van der Waals surface area contributed by atoms with E-state index in [-0.39, 0.29) is 30.6 Å². The summed E-state index contributed by atoms with van der Waals surface area (Å²) in [6.07, 6.45) is 3.32. The van der Waals surface area contributed by atoms with Crippen LogP contribution in [0.15, 0.2) is 30.3 Å². The lowest BCUT2D eigenvalue weighted by molar-refractivity contribution is -0.148. The lowest BCUT2D eigenvalue weighted by Gasteiger charge is -2.40. The van der Waals surface area contributed by atoms with E-state index in [4.69, 9.17) is 9.47 Å². The molecular formula is C19H27NO4. The van der Waals surface area contributed by atoms with Crippen LogP contribution in [0.1, 0.15) is 24.8 Å². The van der Waals surface area contributed by atoms with Gasteiger partial charge in [0.25, 0.3) is 0 Å². The molecule has 0 bridgehead atoms. The molecule has 2 fully saturated rings. The van der Waals surface area contributed by atoms with Crippen molar-refractivity contribution >= 4 is 5.91 Å². The average molecular weight is 333 g/mol. The molecule has 1 aliphatic heterocycles. The fraction of sp³-hybridized carbons (Fsp3) is 0.632. The molecule has 1 N–H and O–H groups in total. The molecular weight excluding hydrogens is 306 g/mol. The molecule has 2 aliphatic rings. The molecule has 1 amide bonds. The number of ether oxygens (including phenoxy) is 2. The van der Waals surface area contributed by atoms with Crippen LogP contribution in [0.2, 0.25) is 0 Å². The van der Waals surface area contributed by atoms with Gasteiger partial charge >= 0.3 is 0 Å². The normalized spacial score (nSPS) is 27.4. The predicted molar refractivity (Wildman–Crippen MR) is 90.6 cm³/mol. The van der Waals surface area contributed by atoms with E-state index < -0.39 is 0 Å². The molecule has 1 aromatic rings. The van der Waals surface area contributed by atoms with Crippen LogP contribution in [0.25, 0.3) is 0 Å². The van der Waals surface area contributed by atoms with Crippen LogP contribution < -0.4 is 0 Å². The maximum absolute atomic E-state index is 12.5. The number of aliphatic hydroxyl groups is 1. The van der Waals surface area contributed by atoms with Crippen LogP contribution in [0.4, 0.5) is 0 Å². The maximum atomic E-state index is 12.5. The Bertz CT molecular complexity index is 521. The van der Waals surface area contributed by atoms with E-state index in [1.807, 2.05) is 23.1 Å². The number of amides is 1. The molecule has 1 aliphatic carbocycles. The third-order valence-electron chi connectivity index (χ3n) is 5.12. The van der Waals surface area contributed by atoms with E-state index >= 15 is 0 Å². The first kappa shape index (κ1) is 17.4. The van der Waals surface area contributed by atoms with Crippen molar-refractivity contribution in [1.29, 1.82) is 0 Å². The second kappa shape index (κ2) is 8.60. The Kier molecular flexibility index (Phi) is 6.24. The van der Waals surface area contributed by atoms with Crippen molar-refractivity contribution in [2.24, 2.45) is 5.92 Å². The molecule has 3 rings (SSSR count). The molecule has 0 aromatic heterocycles. The topological polar surface area (TPSA) is 59.0 Å². The Balaban J connectivity index is 1.47. The van der Waals surface area contributed by atoms with Gasteiger partial charge < -0.3 is 19.5 Å². The summed E-state index contributed by atoms with van der Waals surface area (Å²) in [4.78, 5) is 14.4. The number of carbonyl (C=O) groups is 1. The summed E-state index contributed by atoms with van der Waals surface area (Å²) in [6, 6.07) is 10.1. The van der Waals surface area contributed by atoms with Crippen molar-refractivity contribution in [2.45, 2.75) is 37.8 Å². The highest BCUT2D eigenvalue weighted by atomic mass is 16.5. The fourth-order valence-electron chi connectivity index (χ4n) is 3.78. The summed E-state index contributed by atoms with van der Waals surface area (Å²) in [6.45, 7) is 2.32. The van der Waals surface area contributed by atoms with Crippen molar-refractivity contribution < 1.29 is 19.4 Å². The van der Waals surface area contributed by atoms with E-state index in [1.165, 1.54) is 5.56 Å². The summed E-state index contributed by atoms with van der Waals surface area (Å²) in [5.74, 6) is 0.147. The highest BCUT2D eigenvalue weighted by Gasteiger charge is 2.39. The molecule has 1 aromatic carbocycles. The SMILES string of the molecule is O=C(COCCc1ccccc1)N1CCOC[C@@H]1[C@@H]1CCC[C@@H]1O. The van der Waals surface area contributed by atoms with Crippen molar-refractivity contribution in [2.75, 3.05) is 33.0 Å². The van der Waals surface area contributed by atoms with Gasteiger partial charge in [0, 0.05) is 12.5 Å². The van der Waals surface area contributed by atoms with E-state index in [0.29, 0.717) is 26.4 Å². The molecule has 5 heteroatoms. The molecule has 1 saturated carbocycles. The summed E-state index contributed by atoms with van der Waals surface area (Å²) in [5, 5.41) is 10.2. The van der Waals surface area contributed by atoms with Crippen molar-refractivity contribution in [3.8, 4) is 0 Å². The number of benzene rings is 1. The van der Waals surface area contributed by atoms with Gasteiger partial charge in [-0.15, -0.1) is 0 Å².